The van der Waals surface area contributed by atoms with Crippen molar-refractivity contribution in [3.63, 3.8) is 0 Å². The van der Waals surface area contributed by atoms with Crippen molar-refractivity contribution in [2.45, 2.75) is 6.54 Å². The van der Waals surface area contributed by atoms with Crippen molar-refractivity contribution in [1.29, 1.82) is 5.26 Å². The third kappa shape index (κ3) is 5.78. The molecule has 2 aromatic carbocycles. The first-order chi connectivity index (χ1) is 12.5. The van der Waals surface area contributed by atoms with Crippen molar-refractivity contribution in [3.8, 4) is 6.07 Å². The van der Waals surface area contributed by atoms with Crippen LogP contribution < -0.4 is 5.32 Å². The largest absolute Gasteiger partial charge is 0.395 e. The van der Waals surface area contributed by atoms with E-state index >= 15 is 0 Å². The highest BCUT2D eigenvalue weighted by Crippen LogP contribution is 2.25. The minimum Gasteiger partial charge on any atom is -0.395 e. The molecule has 2 N–H and O–H groups in total. The molecular formula is C19H17Cl2N3O2. The molecule has 26 heavy (non-hydrogen) atoms. The number of benzene rings is 2. The summed E-state index contributed by atoms with van der Waals surface area (Å²) in [5, 5.41) is 21.9. The average Bonchev–Trinajstić information content (AvgIpc) is 2.63. The van der Waals surface area contributed by atoms with Crippen LogP contribution in [0.2, 0.25) is 10.0 Å². The molecule has 0 bridgehead atoms. The number of nitriles is 1. The second-order valence-electron chi connectivity index (χ2n) is 5.41. The lowest BCUT2D eigenvalue weighted by molar-refractivity contribution is -0.112. The fourth-order valence-corrected chi connectivity index (χ4v) is 2.58. The van der Waals surface area contributed by atoms with E-state index in [4.69, 9.17) is 23.2 Å². The predicted molar refractivity (Wildman–Crippen MR) is 103 cm³/mol. The first kappa shape index (κ1) is 19.8. The van der Waals surface area contributed by atoms with E-state index in [2.05, 4.69) is 5.32 Å². The van der Waals surface area contributed by atoms with Crippen LogP contribution in [-0.2, 0) is 11.3 Å². The van der Waals surface area contributed by atoms with Gasteiger partial charge in [-0.05, 0) is 23.8 Å². The molecular weight excluding hydrogens is 373 g/mol. The monoisotopic (exact) mass is 389 g/mol. The maximum absolute atomic E-state index is 12.4. The number of aliphatic hydroxyl groups excluding tert-OH is 1. The number of carbonyl (C=O) groups is 1. The maximum atomic E-state index is 12.4. The second kappa shape index (κ2) is 9.83. The van der Waals surface area contributed by atoms with Crippen molar-refractivity contribution in [2.75, 3.05) is 18.5 Å². The van der Waals surface area contributed by atoms with Crippen LogP contribution in [0.3, 0.4) is 0 Å². The number of halogens is 2. The van der Waals surface area contributed by atoms with E-state index in [1.165, 1.54) is 12.3 Å². The fourth-order valence-electron chi connectivity index (χ4n) is 2.24. The highest BCUT2D eigenvalue weighted by atomic mass is 35.5. The Hall–Kier alpha value is -2.52. The van der Waals surface area contributed by atoms with E-state index in [0.717, 1.165) is 5.56 Å². The zero-order valence-electron chi connectivity index (χ0n) is 13.8. The van der Waals surface area contributed by atoms with Gasteiger partial charge in [-0.3, -0.25) is 4.79 Å². The summed E-state index contributed by atoms with van der Waals surface area (Å²) in [4.78, 5) is 14.1. The maximum Gasteiger partial charge on any atom is 0.267 e. The molecule has 0 spiro atoms. The summed E-state index contributed by atoms with van der Waals surface area (Å²) in [6.45, 7) is 0.632. The number of hydrogen-bond donors (Lipinski definition) is 2. The van der Waals surface area contributed by atoms with Gasteiger partial charge in [0.05, 0.1) is 17.3 Å². The smallest absolute Gasteiger partial charge is 0.267 e. The summed E-state index contributed by atoms with van der Waals surface area (Å²) in [7, 11) is 0. The zero-order valence-corrected chi connectivity index (χ0v) is 15.3. The lowest BCUT2D eigenvalue weighted by atomic mass is 10.2. The molecule has 0 aliphatic heterocycles. The number of hydrogen-bond acceptors (Lipinski definition) is 4. The van der Waals surface area contributed by atoms with Crippen LogP contribution in [0.5, 0.6) is 0 Å². The summed E-state index contributed by atoms with van der Waals surface area (Å²) >= 11 is 11.9. The van der Waals surface area contributed by atoms with Gasteiger partial charge in [-0.25, -0.2) is 0 Å². The zero-order chi connectivity index (χ0) is 18.9. The van der Waals surface area contributed by atoms with E-state index in [1.54, 1.807) is 17.0 Å². The number of anilines is 1. The topological polar surface area (TPSA) is 76.4 Å². The molecule has 134 valence electrons. The Labute approximate surface area is 162 Å². The van der Waals surface area contributed by atoms with Gasteiger partial charge in [0.2, 0.25) is 0 Å². The Morgan fingerprint density at radius 2 is 1.96 bits per heavy atom. The number of carbonyl (C=O) groups excluding carboxylic acids is 1. The van der Waals surface area contributed by atoms with Gasteiger partial charge in [0.25, 0.3) is 5.91 Å². The Kier molecular flexibility index (Phi) is 7.49. The van der Waals surface area contributed by atoms with Crippen LogP contribution in [0.15, 0.2) is 60.3 Å². The summed E-state index contributed by atoms with van der Waals surface area (Å²) in [6.07, 6.45) is 1.43. The Balaban J connectivity index is 2.18. The molecule has 2 aromatic rings. The lowest BCUT2D eigenvalue weighted by Crippen LogP contribution is -2.24. The average molecular weight is 390 g/mol. The minimum atomic E-state index is -0.604. The third-order valence-corrected chi connectivity index (χ3v) is 4.03. The number of nitrogens with zero attached hydrogens (tertiary/aromatic N) is 2. The highest BCUT2D eigenvalue weighted by Gasteiger charge is 2.14. The van der Waals surface area contributed by atoms with Gasteiger partial charge in [-0.2, -0.15) is 5.26 Å². The van der Waals surface area contributed by atoms with E-state index in [9.17, 15) is 15.2 Å². The van der Waals surface area contributed by atoms with Crippen molar-refractivity contribution < 1.29 is 9.90 Å². The molecule has 1 amide bonds. The first-order valence-electron chi connectivity index (χ1n) is 7.80. The van der Waals surface area contributed by atoms with Gasteiger partial charge in [0, 0.05) is 24.3 Å². The summed E-state index contributed by atoms with van der Waals surface area (Å²) < 4.78 is 0. The van der Waals surface area contributed by atoms with Crippen LogP contribution >= 0.6 is 23.2 Å². The van der Waals surface area contributed by atoms with E-state index in [0.29, 0.717) is 22.3 Å². The second-order valence-corrected chi connectivity index (χ2v) is 6.26. The van der Waals surface area contributed by atoms with Gasteiger partial charge in [-0.15, -0.1) is 0 Å². The molecule has 5 nitrogen and oxygen atoms in total. The minimum absolute atomic E-state index is 0.106. The van der Waals surface area contributed by atoms with Crippen molar-refractivity contribution in [2.24, 2.45) is 0 Å². The first-order valence-corrected chi connectivity index (χ1v) is 8.56. The standard InChI is InChI=1S/C19H17Cl2N3O2/c20-16-6-7-17(21)18(10-16)23-19(26)15(11-22)13-24(8-9-25)12-14-4-2-1-3-5-14/h1-7,10,13,25H,8-9,12H2,(H,23,26)/b15-13-. The molecule has 0 saturated carbocycles. The molecule has 0 atom stereocenters. The Bertz CT molecular complexity index is 832. The van der Waals surface area contributed by atoms with Crippen LogP contribution in [0.4, 0.5) is 5.69 Å². The van der Waals surface area contributed by atoms with E-state index in [-0.39, 0.29) is 18.7 Å². The number of aliphatic hydroxyl groups is 1. The van der Waals surface area contributed by atoms with Gasteiger partial charge >= 0.3 is 0 Å². The van der Waals surface area contributed by atoms with Crippen LogP contribution in [-0.4, -0.2) is 29.1 Å². The lowest BCUT2D eigenvalue weighted by Gasteiger charge is -2.20. The molecule has 0 aromatic heterocycles. The van der Waals surface area contributed by atoms with Crippen molar-refractivity contribution in [1.82, 2.24) is 4.90 Å². The quantitative estimate of drug-likeness (QED) is 0.557. The van der Waals surface area contributed by atoms with Gasteiger partial charge < -0.3 is 15.3 Å². The van der Waals surface area contributed by atoms with Crippen LogP contribution in [0, 0.1) is 11.3 Å². The molecule has 0 aliphatic carbocycles. The van der Waals surface area contributed by atoms with Gasteiger partial charge in [-0.1, -0.05) is 53.5 Å². The number of amides is 1. The molecule has 0 heterocycles. The number of rotatable bonds is 7. The molecule has 0 aliphatic rings. The fraction of sp³-hybridized carbons (Fsp3) is 0.158. The molecule has 0 saturated heterocycles. The Morgan fingerprint density at radius 3 is 2.62 bits per heavy atom. The van der Waals surface area contributed by atoms with Gasteiger partial charge in [0.15, 0.2) is 0 Å². The molecule has 0 unspecified atom stereocenters. The molecule has 7 heteroatoms. The van der Waals surface area contributed by atoms with Crippen LogP contribution in [0.1, 0.15) is 5.56 Å². The molecule has 0 radical (unpaired) electrons. The summed E-state index contributed by atoms with van der Waals surface area (Å²) in [6, 6.07) is 16.1. The van der Waals surface area contributed by atoms with Crippen molar-refractivity contribution >= 4 is 34.8 Å². The van der Waals surface area contributed by atoms with Gasteiger partial charge in [0.1, 0.15) is 11.6 Å². The predicted octanol–water partition coefficient (Wildman–Crippen LogP) is 3.83. The normalized spacial score (nSPS) is 10.9. The Morgan fingerprint density at radius 1 is 1.23 bits per heavy atom. The summed E-state index contributed by atoms with van der Waals surface area (Å²) in [5.74, 6) is -0.604. The molecule has 0 fully saturated rings. The summed E-state index contributed by atoms with van der Waals surface area (Å²) in [5.41, 5.74) is 1.21. The van der Waals surface area contributed by atoms with E-state index < -0.39 is 5.91 Å². The van der Waals surface area contributed by atoms with Crippen LogP contribution in [0.25, 0.3) is 0 Å². The SMILES string of the molecule is N#C/C(=C/N(CCO)Cc1ccccc1)C(=O)Nc1cc(Cl)ccc1Cl. The van der Waals surface area contributed by atoms with E-state index in [1.807, 2.05) is 36.4 Å². The molecule has 2 rings (SSSR count). The third-order valence-electron chi connectivity index (χ3n) is 3.47. The number of nitrogens with one attached hydrogen (secondary N) is 1. The van der Waals surface area contributed by atoms with Crippen molar-refractivity contribution in [3.05, 3.63) is 75.9 Å². The highest BCUT2D eigenvalue weighted by molar-refractivity contribution is 6.35.